The number of aryl methyl sites for hydroxylation is 1. The zero-order chi connectivity index (χ0) is 11.5. The van der Waals surface area contributed by atoms with Crippen LogP contribution in [0.3, 0.4) is 0 Å². The molecule has 0 atom stereocenters. The molecule has 0 fully saturated rings. The summed E-state index contributed by atoms with van der Waals surface area (Å²) >= 11 is 0. The minimum absolute atomic E-state index is 0.0274. The van der Waals surface area contributed by atoms with E-state index in [-0.39, 0.29) is 12.3 Å². The molecule has 0 bridgehead atoms. The molecule has 0 aliphatic carbocycles. The molecule has 0 saturated carbocycles. The molecule has 0 amide bonds. The Kier molecular flexibility index (Phi) is 3.90. The van der Waals surface area contributed by atoms with E-state index in [1.54, 1.807) is 19.3 Å². The standard InChI is InChI=1S/C9H16N2O3S/c1-8-9(3-5-14-8)7-11(2)15(12,13)6-4-10/h3,5H,4,6-7,10H2,1-2H3. The van der Waals surface area contributed by atoms with Crippen molar-refractivity contribution in [1.29, 1.82) is 0 Å². The molecule has 0 spiro atoms. The minimum atomic E-state index is -3.24. The lowest BCUT2D eigenvalue weighted by Crippen LogP contribution is -2.31. The van der Waals surface area contributed by atoms with Crippen LogP contribution in [0, 0.1) is 6.92 Å². The third-order valence-corrected chi connectivity index (χ3v) is 4.04. The molecule has 0 aliphatic rings. The lowest BCUT2D eigenvalue weighted by molar-refractivity contribution is 0.459. The highest BCUT2D eigenvalue weighted by molar-refractivity contribution is 7.89. The van der Waals surface area contributed by atoms with Gasteiger partial charge in [-0.25, -0.2) is 12.7 Å². The van der Waals surface area contributed by atoms with Crippen molar-refractivity contribution in [2.45, 2.75) is 13.5 Å². The van der Waals surface area contributed by atoms with E-state index in [0.29, 0.717) is 6.54 Å². The summed E-state index contributed by atoms with van der Waals surface area (Å²) in [5.74, 6) is 0.713. The summed E-state index contributed by atoms with van der Waals surface area (Å²) in [5, 5.41) is 0. The molecule has 1 aromatic heterocycles. The van der Waals surface area contributed by atoms with Crippen LogP contribution in [0.1, 0.15) is 11.3 Å². The zero-order valence-corrected chi connectivity index (χ0v) is 9.75. The van der Waals surface area contributed by atoms with E-state index in [1.807, 2.05) is 0 Å². The Morgan fingerprint density at radius 3 is 2.67 bits per heavy atom. The zero-order valence-electron chi connectivity index (χ0n) is 8.93. The summed E-state index contributed by atoms with van der Waals surface area (Å²) in [5.41, 5.74) is 6.10. The van der Waals surface area contributed by atoms with Crippen molar-refractivity contribution in [2.24, 2.45) is 5.73 Å². The van der Waals surface area contributed by atoms with Gasteiger partial charge in [0.05, 0.1) is 12.0 Å². The summed E-state index contributed by atoms with van der Waals surface area (Å²) in [6.45, 7) is 2.26. The van der Waals surface area contributed by atoms with Crippen molar-refractivity contribution in [1.82, 2.24) is 4.31 Å². The van der Waals surface area contributed by atoms with Crippen LogP contribution in [-0.4, -0.2) is 32.1 Å². The molecule has 6 heteroatoms. The second-order valence-corrected chi connectivity index (χ2v) is 5.56. The Bertz CT molecular complexity index is 411. The molecule has 1 heterocycles. The van der Waals surface area contributed by atoms with Crippen LogP contribution in [0.25, 0.3) is 0 Å². The van der Waals surface area contributed by atoms with Crippen LogP contribution in [-0.2, 0) is 16.6 Å². The molecular formula is C9H16N2O3S. The highest BCUT2D eigenvalue weighted by Gasteiger charge is 2.18. The number of furan rings is 1. The van der Waals surface area contributed by atoms with Crippen LogP contribution < -0.4 is 5.73 Å². The Hall–Kier alpha value is -0.850. The summed E-state index contributed by atoms with van der Waals surface area (Å²) < 4.78 is 29.5. The Balaban J connectivity index is 2.72. The summed E-state index contributed by atoms with van der Waals surface area (Å²) in [7, 11) is -1.70. The summed E-state index contributed by atoms with van der Waals surface area (Å²) in [6.07, 6.45) is 1.55. The molecule has 0 aromatic carbocycles. The highest BCUT2D eigenvalue weighted by atomic mass is 32.2. The van der Waals surface area contributed by atoms with Gasteiger partial charge in [0.2, 0.25) is 10.0 Å². The van der Waals surface area contributed by atoms with E-state index in [0.717, 1.165) is 11.3 Å². The van der Waals surface area contributed by atoms with Crippen LogP contribution in [0.2, 0.25) is 0 Å². The number of sulfonamides is 1. The molecular weight excluding hydrogens is 216 g/mol. The van der Waals surface area contributed by atoms with E-state index in [2.05, 4.69) is 0 Å². The van der Waals surface area contributed by atoms with Gasteiger partial charge in [0, 0.05) is 25.7 Å². The Labute approximate surface area is 89.9 Å². The quantitative estimate of drug-likeness (QED) is 0.792. The number of nitrogens with two attached hydrogens (primary N) is 1. The predicted octanol–water partition coefficient (Wildman–Crippen LogP) is 0.308. The van der Waals surface area contributed by atoms with Crippen molar-refractivity contribution >= 4 is 10.0 Å². The molecule has 1 aromatic rings. The van der Waals surface area contributed by atoms with Gasteiger partial charge in [0.25, 0.3) is 0 Å². The van der Waals surface area contributed by atoms with Gasteiger partial charge >= 0.3 is 0 Å². The van der Waals surface area contributed by atoms with Gasteiger partial charge in [0.1, 0.15) is 5.76 Å². The van der Waals surface area contributed by atoms with E-state index < -0.39 is 10.0 Å². The van der Waals surface area contributed by atoms with Gasteiger partial charge in [-0.3, -0.25) is 0 Å². The molecule has 1 rings (SSSR count). The van der Waals surface area contributed by atoms with Crippen molar-refractivity contribution in [3.63, 3.8) is 0 Å². The first kappa shape index (κ1) is 12.2. The summed E-state index contributed by atoms with van der Waals surface area (Å²) in [6, 6.07) is 1.77. The van der Waals surface area contributed by atoms with Crippen LogP contribution in [0.15, 0.2) is 16.7 Å². The van der Waals surface area contributed by atoms with Crippen molar-refractivity contribution in [3.8, 4) is 0 Å². The molecule has 86 valence electrons. The van der Waals surface area contributed by atoms with E-state index in [4.69, 9.17) is 10.2 Å². The first-order valence-corrected chi connectivity index (χ1v) is 6.25. The number of rotatable bonds is 5. The van der Waals surface area contributed by atoms with E-state index in [1.165, 1.54) is 11.4 Å². The molecule has 0 saturated heterocycles. The number of hydrogen-bond acceptors (Lipinski definition) is 4. The van der Waals surface area contributed by atoms with Crippen LogP contribution >= 0.6 is 0 Å². The third kappa shape index (κ3) is 3.05. The predicted molar refractivity (Wildman–Crippen MR) is 57.8 cm³/mol. The molecule has 0 aliphatic heterocycles. The van der Waals surface area contributed by atoms with Gasteiger partial charge in [-0.15, -0.1) is 0 Å². The normalized spacial score (nSPS) is 12.3. The fourth-order valence-corrected chi connectivity index (χ4v) is 2.16. The Morgan fingerprint density at radius 2 is 2.20 bits per heavy atom. The maximum atomic E-state index is 11.6. The first-order valence-electron chi connectivity index (χ1n) is 4.64. The Morgan fingerprint density at radius 1 is 1.53 bits per heavy atom. The molecule has 15 heavy (non-hydrogen) atoms. The number of nitrogens with zero attached hydrogens (tertiary/aromatic N) is 1. The molecule has 0 unspecified atom stereocenters. The largest absolute Gasteiger partial charge is 0.469 e. The lowest BCUT2D eigenvalue weighted by atomic mass is 10.3. The third-order valence-electron chi connectivity index (χ3n) is 2.21. The maximum absolute atomic E-state index is 11.6. The van der Waals surface area contributed by atoms with Gasteiger partial charge < -0.3 is 10.2 Å². The highest BCUT2D eigenvalue weighted by Crippen LogP contribution is 2.12. The number of hydrogen-bond donors (Lipinski definition) is 1. The summed E-state index contributed by atoms with van der Waals surface area (Å²) in [4.78, 5) is 0. The van der Waals surface area contributed by atoms with Gasteiger partial charge in [0.15, 0.2) is 0 Å². The molecule has 0 radical (unpaired) electrons. The first-order chi connectivity index (χ1) is 6.97. The van der Waals surface area contributed by atoms with E-state index >= 15 is 0 Å². The lowest BCUT2D eigenvalue weighted by Gasteiger charge is -2.15. The van der Waals surface area contributed by atoms with Crippen LogP contribution in [0.4, 0.5) is 0 Å². The topological polar surface area (TPSA) is 76.5 Å². The van der Waals surface area contributed by atoms with Gasteiger partial charge in [-0.05, 0) is 13.0 Å². The van der Waals surface area contributed by atoms with Crippen molar-refractivity contribution in [2.75, 3.05) is 19.3 Å². The fourth-order valence-electron chi connectivity index (χ4n) is 1.22. The smallest absolute Gasteiger partial charge is 0.215 e. The van der Waals surface area contributed by atoms with Crippen molar-refractivity contribution < 1.29 is 12.8 Å². The minimum Gasteiger partial charge on any atom is -0.469 e. The second kappa shape index (κ2) is 4.78. The monoisotopic (exact) mass is 232 g/mol. The SMILES string of the molecule is Cc1occc1CN(C)S(=O)(=O)CCN. The second-order valence-electron chi connectivity index (χ2n) is 3.36. The van der Waals surface area contributed by atoms with E-state index in [9.17, 15) is 8.42 Å². The fraction of sp³-hybridized carbons (Fsp3) is 0.556. The molecule has 5 nitrogen and oxygen atoms in total. The maximum Gasteiger partial charge on any atom is 0.215 e. The van der Waals surface area contributed by atoms with Gasteiger partial charge in [-0.1, -0.05) is 0 Å². The van der Waals surface area contributed by atoms with Gasteiger partial charge in [-0.2, -0.15) is 0 Å². The average Bonchev–Trinajstić information content (AvgIpc) is 2.52. The molecule has 2 N–H and O–H groups in total. The van der Waals surface area contributed by atoms with Crippen molar-refractivity contribution in [3.05, 3.63) is 23.7 Å². The average molecular weight is 232 g/mol. The van der Waals surface area contributed by atoms with Crippen LogP contribution in [0.5, 0.6) is 0 Å².